The zero-order valence-electron chi connectivity index (χ0n) is 8.85. The Balaban J connectivity index is 3.41. The molecular weight excluding hydrogens is 186 g/mol. The van der Waals surface area contributed by atoms with Gasteiger partial charge in [-0.1, -0.05) is 6.92 Å². The average Bonchev–Trinajstić information content (AvgIpc) is 1.94. The van der Waals surface area contributed by atoms with Crippen LogP contribution in [-0.2, 0) is 4.74 Å². The predicted octanol–water partition coefficient (Wildman–Crippen LogP) is 2.26. The van der Waals surface area contributed by atoms with Crippen molar-refractivity contribution >= 4 is 17.9 Å². The van der Waals surface area contributed by atoms with Gasteiger partial charge in [-0.15, -0.1) is 0 Å². The lowest BCUT2D eigenvalue weighted by molar-refractivity contribution is 0.144. The SMILES string of the molecule is CCSCCOC(=O)NC(C)(C)C. The molecule has 0 unspecified atom stereocenters. The average molecular weight is 205 g/mol. The Labute approximate surface area is 84.6 Å². The summed E-state index contributed by atoms with van der Waals surface area (Å²) in [6.07, 6.45) is -0.329. The maximum atomic E-state index is 11.1. The van der Waals surface area contributed by atoms with Crippen LogP contribution in [0.2, 0.25) is 0 Å². The Morgan fingerprint density at radius 1 is 1.46 bits per heavy atom. The molecule has 1 N–H and O–H groups in total. The smallest absolute Gasteiger partial charge is 0.407 e. The van der Waals surface area contributed by atoms with Gasteiger partial charge in [-0.3, -0.25) is 0 Å². The van der Waals surface area contributed by atoms with Gasteiger partial charge in [0.15, 0.2) is 0 Å². The van der Waals surface area contributed by atoms with Gasteiger partial charge in [0.1, 0.15) is 6.61 Å². The molecule has 3 nitrogen and oxygen atoms in total. The van der Waals surface area contributed by atoms with Crippen LogP contribution in [0.1, 0.15) is 27.7 Å². The molecule has 0 radical (unpaired) electrons. The molecule has 13 heavy (non-hydrogen) atoms. The van der Waals surface area contributed by atoms with E-state index in [9.17, 15) is 4.79 Å². The van der Waals surface area contributed by atoms with Gasteiger partial charge in [-0.05, 0) is 26.5 Å². The standard InChI is InChI=1S/C9H19NO2S/c1-5-13-7-6-12-8(11)10-9(2,3)4/h5-7H2,1-4H3,(H,10,11). The number of alkyl carbamates (subject to hydrolysis) is 1. The van der Waals surface area contributed by atoms with Crippen molar-refractivity contribution in [1.82, 2.24) is 5.32 Å². The Morgan fingerprint density at radius 3 is 2.54 bits per heavy atom. The van der Waals surface area contributed by atoms with Gasteiger partial charge in [0.25, 0.3) is 0 Å². The first-order valence-corrected chi connectivity index (χ1v) is 5.64. The number of carbonyl (C=O) groups is 1. The third kappa shape index (κ3) is 9.53. The van der Waals surface area contributed by atoms with Crippen LogP contribution in [0.4, 0.5) is 4.79 Å². The van der Waals surface area contributed by atoms with Crippen LogP contribution in [0, 0.1) is 0 Å². The first-order chi connectivity index (χ1) is 5.95. The number of hydrogen-bond acceptors (Lipinski definition) is 3. The number of rotatable bonds is 4. The fourth-order valence-electron chi connectivity index (χ4n) is 0.680. The minimum absolute atomic E-state index is 0.213. The number of hydrogen-bond donors (Lipinski definition) is 1. The highest BCUT2D eigenvalue weighted by atomic mass is 32.2. The van der Waals surface area contributed by atoms with Crippen LogP contribution in [0.5, 0.6) is 0 Å². The van der Waals surface area contributed by atoms with Crippen molar-refractivity contribution in [3.63, 3.8) is 0 Å². The summed E-state index contributed by atoms with van der Waals surface area (Å²) in [6.45, 7) is 8.35. The maximum Gasteiger partial charge on any atom is 0.407 e. The van der Waals surface area contributed by atoms with E-state index in [1.807, 2.05) is 20.8 Å². The third-order valence-corrected chi connectivity index (χ3v) is 2.01. The van der Waals surface area contributed by atoms with Crippen LogP contribution in [0.3, 0.4) is 0 Å². The molecule has 0 aromatic heterocycles. The van der Waals surface area contributed by atoms with E-state index in [0.717, 1.165) is 11.5 Å². The topological polar surface area (TPSA) is 38.3 Å². The Hall–Kier alpha value is -0.380. The van der Waals surface area contributed by atoms with E-state index in [-0.39, 0.29) is 11.6 Å². The van der Waals surface area contributed by atoms with Gasteiger partial charge in [0, 0.05) is 11.3 Å². The summed E-state index contributed by atoms with van der Waals surface area (Å²) in [6, 6.07) is 0. The van der Waals surface area contributed by atoms with Crippen molar-refractivity contribution in [3.05, 3.63) is 0 Å². The Morgan fingerprint density at radius 2 is 2.08 bits per heavy atom. The molecule has 78 valence electrons. The second-order valence-corrected chi connectivity index (χ2v) is 5.10. The van der Waals surface area contributed by atoms with Crippen molar-refractivity contribution in [2.75, 3.05) is 18.1 Å². The fourth-order valence-corrected chi connectivity index (χ4v) is 1.17. The van der Waals surface area contributed by atoms with Crippen LogP contribution in [0.25, 0.3) is 0 Å². The highest BCUT2D eigenvalue weighted by molar-refractivity contribution is 7.99. The first-order valence-electron chi connectivity index (χ1n) is 4.48. The second-order valence-electron chi connectivity index (χ2n) is 3.71. The zero-order chi connectivity index (χ0) is 10.3. The van der Waals surface area contributed by atoms with Gasteiger partial charge in [-0.25, -0.2) is 4.79 Å². The minimum Gasteiger partial charge on any atom is -0.449 e. The predicted molar refractivity (Wildman–Crippen MR) is 57.2 cm³/mol. The van der Waals surface area contributed by atoms with E-state index in [1.54, 1.807) is 11.8 Å². The van der Waals surface area contributed by atoms with Crippen molar-refractivity contribution in [2.45, 2.75) is 33.2 Å². The van der Waals surface area contributed by atoms with Crippen LogP contribution >= 0.6 is 11.8 Å². The van der Waals surface area contributed by atoms with E-state index < -0.39 is 0 Å². The van der Waals surface area contributed by atoms with Gasteiger partial charge in [0.2, 0.25) is 0 Å². The van der Waals surface area contributed by atoms with Crippen LogP contribution in [0.15, 0.2) is 0 Å². The monoisotopic (exact) mass is 205 g/mol. The van der Waals surface area contributed by atoms with Crippen molar-refractivity contribution < 1.29 is 9.53 Å². The van der Waals surface area contributed by atoms with E-state index in [4.69, 9.17) is 4.74 Å². The normalized spacial score (nSPS) is 11.1. The Bertz CT molecular complexity index is 154. The van der Waals surface area contributed by atoms with Gasteiger partial charge < -0.3 is 10.1 Å². The molecule has 0 bridgehead atoms. The summed E-state index contributed by atoms with van der Waals surface area (Å²) in [5, 5.41) is 2.73. The van der Waals surface area contributed by atoms with E-state index in [2.05, 4.69) is 12.2 Å². The summed E-state index contributed by atoms with van der Waals surface area (Å²) >= 11 is 1.76. The van der Waals surface area contributed by atoms with E-state index >= 15 is 0 Å². The molecule has 0 fully saturated rings. The summed E-state index contributed by atoms with van der Waals surface area (Å²) in [4.78, 5) is 11.1. The molecule has 0 saturated carbocycles. The van der Waals surface area contributed by atoms with E-state index in [1.165, 1.54) is 0 Å². The number of carbonyl (C=O) groups excluding carboxylic acids is 1. The molecule has 0 rings (SSSR count). The molecule has 0 aliphatic carbocycles. The fraction of sp³-hybridized carbons (Fsp3) is 0.889. The summed E-state index contributed by atoms with van der Waals surface area (Å²) in [5.41, 5.74) is -0.213. The van der Waals surface area contributed by atoms with Crippen LogP contribution in [-0.4, -0.2) is 29.7 Å². The quantitative estimate of drug-likeness (QED) is 0.715. The zero-order valence-corrected chi connectivity index (χ0v) is 9.66. The highest BCUT2D eigenvalue weighted by Crippen LogP contribution is 2.00. The van der Waals surface area contributed by atoms with Gasteiger partial charge in [0.05, 0.1) is 0 Å². The minimum atomic E-state index is -0.329. The van der Waals surface area contributed by atoms with Crippen molar-refractivity contribution in [2.24, 2.45) is 0 Å². The summed E-state index contributed by atoms with van der Waals surface area (Å²) in [7, 11) is 0. The molecule has 4 heteroatoms. The largest absolute Gasteiger partial charge is 0.449 e. The molecule has 0 aliphatic rings. The number of ether oxygens (including phenoxy) is 1. The van der Waals surface area contributed by atoms with E-state index in [0.29, 0.717) is 6.61 Å². The lowest BCUT2D eigenvalue weighted by Crippen LogP contribution is -2.41. The van der Waals surface area contributed by atoms with Crippen molar-refractivity contribution in [3.8, 4) is 0 Å². The molecule has 0 atom stereocenters. The molecular formula is C9H19NO2S. The maximum absolute atomic E-state index is 11.1. The van der Waals surface area contributed by atoms with Gasteiger partial charge >= 0.3 is 6.09 Å². The number of nitrogens with one attached hydrogen (secondary N) is 1. The first kappa shape index (κ1) is 12.6. The molecule has 0 heterocycles. The number of thioether (sulfide) groups is 1. The number of amides is 1. The highest BCUT2D eigenvalue weighted by Gasteiger charge is 2.13. The molecule has 1 amide bonds. The second kappa shape index (κ2) is 6.13. The lowest BCUT2D eigenvalue weighted by Gasteiger charge is -2.19. The molecule has 0 spiro atoms. The molecule has 0 aromatic carbocycles. The van der Waals surface area contributed by atoms with Gasteiger partial charge in [-0.2, -0.15) is 11.8 Å². The lowest BCUT2D eigenvalue weighted by atomic mass is 10.1. The summed E-state index contributed by atoms with van der Waals surface area (Å²) in [5.74, 6) is 1.93. The van der Waals surface area contributed by atoms with Crippen LogP contribution < -0.4 is 5.32 Å². The van der Waals surface area contributed by atoms with Crippen molar-refractivity contribution in [1.29, 1.82) is 0 Å². The molecule has 0 aliphatic heterocycles. The third-order valence-electron chi connectivity index (χ3n) is 1.14. The molecule has 0 aromatic rings. The molecule has 0 saturated heterocycles. The Kier molecular flexibility index (Phi) is 5.95. The summed E-state index contributed by atoms with van der Waals surface area (Å²) < 4.78 is 4.95.